The molecule has 1 aliphatic heterocycles. The van der Waals surface area contributed by atoms with E-state index in [2.05, 4.69) is 4.99 Å². The monoisotopic (exact) mass is 600 g/mol. The van der Waals surface area contributed by atoms with Crippen LogP contribution in [-0.4, -0.2) is 41.9 Å². The molecule has 4 aromatic rings. The number of thiazole rings is 1. The molecule has 0 N–H and O–H groups in total. The Balaban J connectivity index is 1.70. The summed E-state index contributed by atoms with van der Waals surface area (Å²) in [6, 6.07) is 12.7. The fourth-order valence-electron chi connectivity index (χ4n) is 5.36. The van der Waals surface area contributed by atoms with E-state index in [9.17, 15) is 19.5 Å². The van der Waals surface area contributed by atoms with Crippen LogP contribution < -0.4 is 29.5 Å². The number of fused-ring (bicyclic) bond motifs is 1. The maximum atomic E-state index is 14.1. The fraction of sp³-hybridized carbons (Fsp3) is 0.250. The zero-order chi connectivity index (χ0) is 31.0. The van der Waals surface area contributed by atoms with Gasteiger partial charge in [0.15, 0.2) is 4.80 Å². The number of carbonyl (C=O) groups excluding carboxylic acids is 2. The van der Waals surface area contributed by atoms with Crippen molar-refractivity contribution in [1.82, 2.24) is 9.13 Å². The minimum atomic E-state index is -1.24. The van der Waals surface area contributed by atoms with Crippen molar-refractivity contribution < 1.29 is 28.9 Å². The molecule has 2 aromatic carbocycles. The smallest absolute Gasteiger partial charge is 0.338 e. The number of aryl methyl sites for hydroxylation is 1. The maximum absolute atomic E-state index is 14.1. The predicted octanol–water partition coefficient (Wildman–Crippen LogP) is 2.59. The molecule has 1 atom stereocenters. The lowest BCUT2D eigenvalue weighted by Gasteiger charge is -2.26. The van der Waals surface area contributed by atoms with Crippen LogP contribution in [0.4, 0.5) is 0 Å². The largest absolute Gasteiger partial charge is 0.545 e. The number of hydrogen-bond donors (Lipinski definition) is 0. The molecule has 222 valence electrons. The fourth-order valence-corrected chi connectivity index (χ4v) is 6.40. The third-order valence-corrected chi connectivity index (χ3v) is 8.35. The number of allylic oxidation sites excluding steroid dienone is 1. The summed E-state index contributed by atoms with van der Waals surface area (Å²) in [7, 11) is 3.07. The molecule has 0 saturated heterocycles. The van der Waals surface area contributed by atoms with Gasteiger partial charge in [-0.2, -0.15) is 0 Å². The molecule has 0 spiro atoms. The number of ether oxygens (including phenoxy) is 3. The molecular weight excluding hydrogens is 570 g/mol. The van der Waals surface area contributed by atoms with E-state index in [-0.39, 0.29) is 23.3 Å². The summed E-state index contributed by atoms with van der Waals surface area (Å²) in [6.45, 7) is 7.46. The van der Waals surface area contributed by atoms with E-state index < -0.39 is 18.0 Å². The summed E-state index contributed by atoms with van der Waals surface area (Å²) >= 11 is 1.22. The molecule has 1 aliphatic rings. The number of carboxylic acid groups (broad SMARTS) is 1. The number of aromatic nitrogens is 2. The highest BCUT2D eigenvalue weighted by Gasteiger charge is 2.35. The number of carboxylic acids is 1. The van der Waals surface area contributed by atoms with Crippen molar-refractivity contribution in [2.45, 2.75) is 33.7 Å². The van der Waals surface area contributed by atoms with Gasteiger partial charge in [-0.3, -0.25) is 9.36 Å². The zero-order valence-corrected chi connectivity index (χ0v) is 25.4. The first-order valence-electron chi connectivity index (χ1n) is 13.5. The molecule has 10 nitrogen and oxygen atoms in total. The molecule has 0 radical (unpaired) electrons. The highest BCUT2D eigenvalue weighted by molar-refractivity contribution is 7.07. The van der Waals surface area contributed by atoms with Crippen LogP contribution in [0.15, 0.2) is 69.6 Å². The molecule has 2 aromatic heterocycles. The Morgan fingerprint density at radius 2 is 1.77 bits per heavy atom. The van der Waals surface area contributed by atoms with Crippen molar-refractivity contribution in [2.75, 3.05) is 20.8 Å². The van der Waals surface area contributed by atoms with Crippen LogP contribution in [-0.2, 0) is 9.53 Å². The minimum absolute atomic E-state index is 0.0900. The summed E-state index contributed by atoms with van der Waals surface area (Å²) in [5, 5.41) is 11.2. The van der Waals surface area contributed by atoms with Crippen molar-refractivity contribution in [3.8, 4) is 17.2 Å². The first kappa shape index (κ1) is 29.6. The topological polar surface area (TPSA) is 124 Å². The second-order valence-electron chi connectivity index (χ2n) is 9.91. The Kier molecular flexibility index (Phi) is 8.10. The molecule has 5 rings (SSSR count). The van der Waals surface area contributed by atoms with Gasteiger partial charge >= 0.3 is 5.97 Å². The van der Waals surface area contributed by atoms with Gasteiger partial charge < -0.3 is 28.7 Å². The predicted molar refractivity (Wildman–Crippen MR) is 160 cm³/mol. The van der Waals surface area contributed by atoms with Crippen LogP contribution in [0.3, 0.4) is 0 Å². The number of benzene rings is 2. The van der Waals surface area contributed by atoms with E-state index in [1.165, 1.54) is 35.1 Å². The summed E-state index contributed by atoms with van der Waals surface area (Å²) in [4.78, 5) is 43.7. The Morgan fingerprint density at radius 1 is 1.05 bits per heavy atom. The lowest BCUT2D eigenvalue weighted by Crippen LogP contribution is -2.40. The number of aromatic carboxylic acids is 1. The number of rotatable bonds is 8. The quantitative estimate of drug-likeness (QED) is 0.285. The molecule has 0 aliphatic carbocycles. The van der Waals surface area contributed by atoms with E-state index in [1.807, 2.05) is 24.5 Å². The summed E-state index contributed by atoms with van der Waals surface area (Å²) < 4.78 is 20.4. The first-order chi connectivity index (χ1) is 20.6. The van der Waals surface area contributed by atoms with Crippen LogP contribution in [0.25, 0.3) is 11.8 Å². The number of hydrogen-bond acceptors (Lipinski definition) is 9. The van der Waals surface area contributed by atoms with Gasteiger partial charge in [0.25, 0.3) is 5.56 Å². The number of nitrogens with zero attached hydrogens (tertiary/aromatic N) is 3. The van der Waals surface area contributed by atoms with Gasteiger partial charge in [-0.1, -0.05) is 23.5 Å². The second kappa shape index (κ2) is 11.8. The van der Waals surface area contributed by atoms with E-state index >= 15 is 0 Å². The molecule has 11 heteroatoms. The molecule has 0 amide bonds. The van der Waals surface area contributed by atoms with Gasteiger partial charge in [0.2, 0.25) is 0 Å². The zero-order valence-electron chi connectivity index (χ0n) is 24.6. The van der Waals surface area contributed by atoms with Gasteiger partial charge in [-0.05, 0) is 81.3 Å². The van der Waals surface area contributed by atoms with E-state index in [0.717, 1.165) is 22.6 Å². The average molecular weight is 601 g/mol. The van der Waals surface area contributed by atoms with Crippen molar-refractivity contribution in [2.24, 2.45) is 4.99 Å². The molecule has 1 unspecified atom stereocenters. The van der Waals surface area contributed by atoms with Crippen LogP contribution >= 0.6 is 11.3 Å². The highest BCUT2D eigenvalue weighted by Crippen LogP contribution is 2.37. The average Bonchev–Trinajstić information content (AvgIpc) is 3.45. The third kappa shape index (κ3) is 5.27. The molecule has 0 fully saturated rings. The molecule has 0 bridgehead atoms. The Labute approximate surface area is 251 Å². The Bertz CT molecular complexity index is 1960. The van der Waals surface area contributed by atoms with Gasteiger partial charge in [-0.25, -0.2) is 9.79 Å². The van der Waals surface area contributed by atoms with Crippen molar-refractivity contribution >= 4 is 29.4 Å². The minimum Gasteiger partial charge on any atom is -0.545 e. The molecular formula is C32H30N3O7S-. The van der Waals surface area contributed by atoms with Crippen molar-refractivity contribution in [1.29, 1.82) is 0 Å². The van der Waals surface area contributed by atoms with Gasteiger partial charge in [-0.15, -0.1) is 0 Å². The van der Waals surface area contributed by atoms with Crippen LogP contribution in [0.1, 0.15) is 52.8 Å². The third-order valence-electron chi connectivity index (χ3n) is 7.37. The first-order valence-corrected chi connectivity index (χ1v) is 14.3. The van der Waals surface area contributed by atoms with Crippen molar-refractivity contribution in [3.63, 3.8) is 0 Å². The van der Waals surface area contributed by atoms with Gasteiger partial charge in [0, 0.05) is 22.6 Å². The summed E-state index contributed by atoms with van der Waals surface area (Å²) in [5.41, 5.74) is 4.36. The molecule has 43 heavy (non-hydrogen) atoms. The van der Waals surface area contributed by atoms with Crippen LogP contribution in [0.2, 0.25) is 0 Å². The SMILES string of the molecule is CCOC(=O)C1=C(C)N=c2s/c(=C\c3cc(C)n(-c4ccc(C(=O)[O-])cc4)c3C)c(=O)n2C1c1cc(OC)ccc1OC. The Hall–Kier alpha value is -4.90. The van der Waals surface area contributed by atoms with E-state index in [0.29, 0.717) is 32.1 Å². The van der Waals surface area contributed by atoms with E-state index in [4.69, 9.17) is 14.2 Å². The highest BCUT2D eigenvalue weighted by atomic mass is 32.1. The Morgan fingerprint density at radius 3 is 2.40 bits per heavy atom. The van der Waals surface area contributed by atoms with Crippen molar-refractivity contribution in [3.05, 3.63) is 108 Å². The number of esters is 1. The molecule has 0 saturated carbocycles. The summed E-state index contributed by atoms with van der Waals surface area (Å²) in [5.74, 6) is -0.795. The van der Waals surface area contributed by atoms with E-state index in [1.54, 1.807) is 57.4 Å². The van der Waals surface area contributed by atoms with Crippen LogP contribution in [0, 0.1) is 13.8 Å². The lowest BCUT2D eigenvalue weighted by atomic mass is 9.94. The summed E-state index contributed by atoms with van der Waals surface area (Å²) in [6.07, 6.45) is 1.81. The second-order valence-corrected chi connectivity index (χ2v) is 10.9. The lowest BCUT2D eigenvalue weighted by molar-refractivity contribution is -0.255. The van der Waals surface area contributed by atoms with Gasteiger partial charge in [0.1, 0.15) is 17.5 Å². The van der Waals surface area contributed by atoms with Gasteiger partial charge in [0.05, 0.1) is 42.6 Å². The van der Waals surface area contributed by atoms with Crippen LogP contribution in [0.5, 0.6) is 11.5 Å². The number of methoxy groups -OCH3 is 2. The number of carbonyl (C=O) groups is 2. The maximum Gasteiger partial charge on any atom is 0.338 e. The standard InChI is InChI=1S/C32H31N3O7S/c1-7-42-31(39)27-18(3)33-32-35(28(27)24-16-23(40-5)12-13-25(24)41-6)29(36)26(43-32)15-21-14-17(2)34(19(21)4)22-10-8-20(9-11-22)30(37)38/h8-16,28H,7H2,1-6H3,(H,37,38)/p-1/b26-15-. The normalized spacial score (nSPS) is 14.7. The molecule has 3 heterocycles.